The molecule has 2 heterocycles. The minimum Gasteiger partial charge on any atom is -0.390 e. The molecule has 1 aromatic rings. The number of hydrogen-bond donors (Lipinski definition) is 1. The lowest BCUT2D eigenvalue weighted by Crippen LogP contribution is -2.50. The molecule has 2 fully saturated rings. The third-order valence-corrected chi connectivity index (χ3v) is 4.57. The van der Waals surface area contributed by atoms with Crippen LogP contribution in [0.1, 0.15) is 29.5 Å². The normalized spacial score (nSPS) is 28.4. The van der Waals surface area contributed by atoms with Crippen molar-refractivity contribution in [2.24, 2.45) is 0 Å². The van der Waals surface area contributed by atoms with E-state index in [1.165, 1.54) is 36.1 Å². The van der Waals surface area contributed by atoms with Crippen LogP contribution < -0.4 is 0 Å². The number of ether oxygens (including phenoxy) is 1. The highest BCUT2D eigenvalue weighted by Crippen LogP contribution is 2.24. The highest BCUT2D eigenvalue weighted by molar-refractivity contribution is 5.29. The zero-order valence-corrected chi connectivity index (χ0v) is 12.5. The van der Waals surface area contributed by atoms with E-state index >= 15 is 0 Å². The molecule has 110 valence electrons. The number of aliphatic hydroxyl groups excluding tert-OH is 1. The van der Waals surface area contributed by atoms with Gasteiger partial charge in [-0.1, -0.05) is 29.3 Å². The Balaban J connectivity index is 1.62. The predicted molar refractivity (Wildman–Crippen MR) is 80.0 cm³/mol. The molecule has 20 heavy (non-hydrogen) atoms. The van der Waals surface area contributed by atoms with Crippen molar-refractivity contribution in [2.45, 2.75) is 51.4 Å². The summed E-state index contributed by atoms with van der Waals surface area (Å²) in [6, 6.07) is 7.09. The summed E-state index contributed by atoms with van der Waals surface area (Å²) >= 11 is 0. The van der Waals surface area contributed by atoms with Gasteiger partial charge in [-0.3, -0.25) is 4.90 Å². The molecule has 1 aromatic carbocycles. The summed E-state index contributed by atoms with van der Waals surface area (Å²) in [5.41, 5.74) is 3.73. The number of morpholine rings is 1. The van der Waals surface area contributed by atoms with Crippen LogP contribution in [-0.4, -0.2) is 48.0 Å². The highest BCUT2D eigenvalue weighted by atomic mass is 16.5. The van der Waals surface area contributed by atoms with Crippen molar-refractivity contribution in [3.63, 3.8) is 0 Å². The third kappa shape index (κ3) is 3.05. The van der Waals surface area contributed by atoms with Gasteiger partial charge >= 0.3 is 0 Å². The number of rotatable bonds is 3. The molecule has 3 heteroatoms. The smallest absolute Gasteiger partial charge is 0.0964 e. The quantitative estimate of drug-likeness (QED) is 0.916. The van der Waals surface area contributed by atoms with Gasteiger partial charge in [0.2, 0.25) is 0 Å². The van der Waals surface area contributed by atoms with Crippen molar-refractivity contribution in [1.82, 2.24) is 4.90 Å². The minimum absolute atomic E-state index is 0.0369. The SMILES string of the molecule is Cc1cc(C)cc(CC(O)C2CN3CCCC3CO2)c1. The fraction of sp³-hybridized carbons (Fsp3) is 0.647. The van der Waals surface area contributed by atoms with Crippen molar-refractivity contribution >= 4 is 0 Å². The molecule has 3 atom stereocenters. The highest BCUT2D eigenvalue weighted by Gasteiger charge is 2.35. The van der Waals surface area contributed by atoms with Crippen molar-refractivity contribution in [3.8, 4) is 0 Å². The summed E-state index contributed by atoms with van der Waals surface area (Å²) < 4.78 is 5.89. The van der Waals surface area contributed by atoms with E-state index in [0.717, 1.165) is 13.2 Å². The van der Waals surface area contributed by atoms with Crippen LogP contribution in [0.3, 0.4) is 0 Å². The summed E-state index contributed by atoms with van der Waals surface area (Å²) in [4.78, 5) is 2.49. The van der Waals surface area contributed by atoms with Crippen molar-refractivity contribution < 1.29 is 9.84 Å². The molecule has 0 spiro atoms. The number of aryl methyl sites for hydroxylation is 2. The van der Waals surface area contributed by atoms with Gasteiger partial charge in [0.15, 0.2) is 0 Å². The van der Waals surface area contributed by atoms with Crippen molar-refractivity contribution in [3.05, 3.63) is 34.9 Å². The predicted octanol–water partition coefficient (Wildman–Crippen LogP) is 2.07. The lowest BCUT2D eigenvalue weighted by molar-refractivity contribution is -0.101. The largest absolute Gasteiger partial charge is 0.390 e. The van der Waals surface area contributed by atoms with E-state index in [4.69, 9.17) is 4.74 Å². The fourth-order valence-corrected chi connectivity index (χ4v) is 3.64. The van der Waals surface area contributed by atoms with Crippen LogP contribution >= 0.6 is 0 Å². The minimum atomic E-state index is -0.405. The molecule has 0 aliphatic carbocycles. The Hall–Kier alpha value is -0.900. The van der Waals surface area contributed by atoms with Crippen LogP contribution in [-0.2, 0) is 11.2 Å². The van der Waals surface area contributed by atoms with E-state index in [2.05, 4.69) is 36.9 Å². The van der Waals surface area contributed by atoms with Gasteiger partial charge in [0.1, 0.15) is 0 Å². The molecule has 2 saturated heterocycles. The Morgan fingerprint density at radius 3 is 2.80 bits per heavy atom. The summed E-state index contributed by atoms with van der Waals surface area (Å²) in [5, 5.41) is 10.5. The number of hydrogen-bond acceptors (Lipinski definition) is 3. The standard InChI is InChI=1S/C17H25NO2/c1-12-6-13(2)8-14(7-12)9-16(19)17-10-18-5-3-4-15(18)11-20-17/h6-8,15-17,19H,3-5,9-11H2,1-2H3. The lowest BCUT2D eigenvalue weighted by Gasteiger charge is -2.37. The van der Waals surface area contributed by atoms with Crippen molar-refractivity contribution in [2.75, 3.05) is 19.7 Å². The number of fused-ring (bicyclic) bond motifs is 1. The van der Waals surface area contributed by atoms with Gasteiger partial charge in [-0.15, -0.1) is 0 Å². The first-order chi connectivity index (χ1) is 9.61. The molecular formula is C17H25NO2. The topological polar surface area (TPSA) is 32.7 Å². The summed E-state index contributed by atoms with van der Waals surface area (Å²) in [5.74, 6) is 0. The van der Waals surface area contributed by atoms with E-state index < -0.39 is 6.10 Å². The number of nitrogens with zero attached hydrogens (tertiary/aromatic N) is 1. The average molecular weight is 275 g/mol. The molecule has 0 saturated carbocycles. The first-order valence-corrected chi connectivity index (χ1v) is 7.73. The molecule has 2 aliphatic heterocycles. The van der Waals surface area contributed by atoms with Gasteiger partial charge in [-0.25, -0.2) is 0 Å². The molecule has 2 aliphatic rings. The molecule has 3 rings (SSSR count). The Morgan fingerprint density at radius 2 is 2.05 bits per heavy atom. The Labute approximate surface area is 121 Å². The van der Waals surface area contributed by atoms with Crippen LogP contribution in [0.4, 0.5) is 0 Å². The summed E-state index contributed by atoms with van der Waals surface area (Å²) in [6.07, 6.45) is 2.77. The number of benzene rings is 1. The maximum Gasteiger partial charge on any atom is 0.0964 e. The van der Waals surface area contributed by atoms with E-state index in [0.29, 0.717) is 12.5 Å². The maximum absolute atomic E-state index is 10.5. The zero-order chi connectivity index (χ0) is 14.1. The molecule has 0 aromatic heterocycles. The molecule has 0 bridgehead atoms. The first-order valence-electron chi connectivity index (χ1n) is 7.73. The Morgan fingerprint density at radius 1 is 1.30 bits per heavy atom. The van der Waals surface area contributed by atoms with Gasteiger partial charge in [-0.05, 0) is 38.8 Å². The van der Waals surface area contributed by atoms with Crippen LogP contribution in [0.25, 0.3) is 0 Å². The number of aliphatic hydroxyl groups is 1. The fourth-order valence-electron chi connectivity index (χ4n) is 3.64. The second kappa shape index (κ2) is 5.84. The van der Waals surface area contributed by atoms with E-state index in [-0.39, 0.29) is 6.10 Å². The summed E-state index contributed by atoms with van der Waals surface area (Å²) in [7, 11) is 0. The molecule has 3 nitrogen and oxygen atoms in total. The second-order valence-corrected chi connectivity index (χ2v) is 6.43. The van der Waals surface area contributed by atoms with Gasteiger partial charge < -0.3 is 9.84 Å². The van der Waals surface area contributed by atoms with Crippen LogP contribution in [0, 0.1) is 13.8 Å². The maximum atomic E-state index is 10.5. The Kier molecular flexibility index (Phi) is 4.11. The van der Waals surface area contributed by atoms with E-state index in [9.17, 15) is 5.11 Å². The van der Waals surface area contributed by atoms with Crippen LogP contribution in [0.15, 0.2) is 18.2 Å². The molecule has 3 unspecified atom stereocenters. The van der Waals surface area contributed by atoms with Gasteiger partial charge in [0.05, 0.1) is 18.8 Å². The third-order valence-electron chi connectivity index (χ3n) is 4.57. The van der Waals surface area contributed by atoms with Crippen LogP contribution in [0.5, 0.6) is 0 Å². The van der Waals surface area contributed by atoms with E-state index in [1.807, 2.05) is 0 Å². The average Bonchev–Trinajstić information content (AvgIpc) is 2.84. The second-order valence-electron chi connectivity index (χ2n) is 6.43. The molecule has 1 N–H and O–H groups in total. The lowest BCUT2D eigenvalue weighted by atomic mass is 9.99. The van der Waals surface area contributed by atoms with Crippen molar-refractivity contribution in [1.29, 1.82) is 0 Å². The molecule has 0 amide bonds. The Bertz CT molecular complexity index is 454. The van der Waals surface area contributed by atoms with Gasteiger partial charge in [0, 0.05) is 19.0 Å². The monoisotopic (exact) mass is 275 g/mol. The molecule has 0 radical (unpaired) electrons. The van der Waals surface area contributed by atoms with Crippen LogP contribution in [0.2, 0.25) is 0 Å². The first kappa shape index (κ1) is 14.1. The zero-order valence-electron chi connectivity index (χ0n) is 12.5. The molecular weight excluding hydrogens is 250 g/mol. The van der Waals surface area contributed by atoms with E-state index in [1.54, 1.807) is 0 Å². The van der Waals surface area contributed by atoms with Gasteiger partial charge in [0.25, 0.3) is 0 Å². The summed E-state index contributed by atoms with van der Waals surface area (Å²) in [6.45, 7) is 7.05. The van der Waals surface area contributed by atoms with Gasteiger partial charge in [-0.2, -0.15) is 0 Å².